The summed E-state index contributed by atoms with van der Waals surface area (Å²) in [4.78, 5) is 32.2. The van der Waals surface area contributed by atoms with Crippen LogP contribution in [-0.2, 0) is 17.5 Å². The molecule has 0 bridgehead atoms. The predicted octanol–water partition coefficient (Wildman–Crippen LogP) is 6.09. The Balaban J connectivity index is 1.71. The van der Waals surface area contributed by atoms with Gasteiger partial charge in [-0.2, -0.15) is 13.2 Å². The first-order chi connectivity index (χ1) is 16.7. The zero-order valence-electron chi connectivity index (χ0n) is 18.3. The minimum Gasteiger partial charge on any atom is -0.341 e. The van der Waals surface area contributed by atoms with E-state index in [0.717, 1.165) is 24.5 Å². The molecule has 180 valence electrons. The standard InChI is InChI=1S/C25H19ClF3N3O2S/c26-20-4-3-16(11-19(20)25(27,28)29)18-14-35-23-17(15-5-7-30-8-6-15)12-32(24(34)22(18)23)13-21(33)31-9-1-2-10-31/h3-8,11-12,14H,1-2,9-10,13H2. The van der Waals surface area contributed by atoms with E-state index in [0.29, 0.717) is 28.9 Å². The summed E-state index contributed by atoms with van der Waals surface area (Å²) in [5.74, 6) is -0.160. The van der Waals surface area contributed by atoms with Gasteiger partial charge in [0.15, 0.2) is 0 Å². The third-order valence-corrected chi connectivity index (χ3v) is 7.48. The van der Waals surface area contributed by atoms with Crippen molar-refractivity contribution in [3.05, 3.63) is 75.2 Å². The van der Waals surface area contributed by atoms with Crippen LogP contribution in [0.5, 0.6) is 0 Å². The summed E-state index contributed by atoms with van der Waals surface area (Å²) in [5.41, 5.74) is 0.700. The Labute approximate surface area is 207 Å². The third-order valence-electron chi connectivity index (χ3n) is 6.13. The molecule has 1 aliphatic heterocycles. The van der Waals surface area contributed by atoms with E-state index in [-0.39, 0.29) is 23.4 Å². The molecule has 0 N–H and O–H groups in total. The maximum absolute atomic E-state index is 13.6. The van der Waals surface area contributed by atoms with Crippen molar-refractivity contribution in [3.63, 3.8) is 0 Å². The van der Waals surface area contributed by atoms with E-state index in [2.05, 4.69) is 4.98 Å². The number of hydrogen-bond acceptors (Lipinski definition) is 4. The fourth-order valence-electron chi connectivity index (χ4n) is 4.37. The minimum absolute atomic E-state index is 0.142. The number of nitrogens with zero attached hydrogens (tertiary/aromatic N) is 3. The van der Waals surface area contributed by atoms with Crippen LogP contribution in [0.15, 0.2) is 59.1 Å². The molecule has 0 radical (unpaired) electrons. The third kappa shape index (κ3) is 4.46. The first-order valence-electron chi connectivity index (χ1n) is 10.9. The SMILES string of the molecule is O=C(Cn1cc(-c2ccncc2)c2scc(-c3ccc(Cl)c(C(F)(F)F)c3)c2c1=O)N1CCCC1. The van der Waals surface area contributed by atoms with Crippen LogP contribution < -0.4 is 5.56 Å². The number of hydrogen-bond donors (Lipinski definition) is 0. The summed E-state index contributed by atoms with van der Waals surface area (Å²) < 4.78 is 42.5. The molecule has 0 aliphatic carbocycles. The summed E-state index contributed by atoms with van der Waals surface area (Å²) in [5, 5.41) is 1.54. The fourth-order valence-corrected chi connectivity index (χ4v) is 5.70. The maximum Gasteiger partial charge on any atom is 0.417 e. The zero-order valence-corrected chi connectivity index (χ0v) is 19.9. The van der Waals surface area contributed by atoms with Crippen LogP contribution >= 0.6 is 22.9 Å². The van der Waals surface area contributed by atoms with Gasteiger partial charge in [-0.05, 0) is 48.2 Å². The molecular formula is C25H19ClF3N3O2S. The van der Waals surface area contributed by atoms with Gasteiger partial charge in [-0.15, -0.1) is 11.3 Å². The van der Waals surface area contributed by atoms with Crippen LogP contribution in [0.4, 0.5) is 13.2 Å². The number of amides is 1. The number of fused-ring (bicyclic) bond motifs is 1. The molecule has 4 aromatic rings. The first-order valence-corrected chi connectivity index (χ1v) is 12.2. The average Bonchev–Trinajstić information content (AvgIpc) is 3.52. The highest BCUT2D eigenvalue weighted by Crippen LogP contribution is 2.41. The molecule has 0 atom stereocenters. The molecule has 0 saturated carbocycles. The van der Waals surface area contributed by atoms with Crippen molar-refractivity contribution in [3.8, 4) is 22.3 Å². The molecule has 1 saturated heterocycles. The van der Waals surface area contributed by atoms with Crippen LogP contribution in [0, 0.1) is 0 Å². The highest BCUT2D eigenvalue weighted by atomic mass is 35.5. The molecule has 5 rings (SSSR count). The molecule has 10 heteroatoms. The number of carbonyl (C=O) groups excluding carboxylic acids is 1. The Hall–Kier alpha value is -3.17. The van der Waals surface area contributed by atoms with Crippen molar-refractivity contribution >= 4 is 38.9 Å². The van der Waals surface area contributed by atoms with Crippen LogP contribution in [0.2, 0.25) is 5.02 Å². The monoisotopic (exact) mass is 517 g/mol. The Bertz CT molecular complexity index is 1480. The number of pyridine rings is 2. The van der Waals surface area contributed by atoms with Crippen LogP contribution in [0.1, 0.15) is 18.4 Å². The molecule has 5 nitrogen and oxygen atoms in total. The highest BCUT2D eigenvalue weighted by Gasteiger charge is 2.33. The van der Waals surface area contributed by atoms with Crippen molar-refractivity contribution < 1.29 is 18.0 Å². The minimum atomic E-state index is -4.64. The van der Waals surface area contributed by atoms with E-state index in [4.69, 9.17) is 11.6 Å². The maximum atomic E-state index is 13.6. The van der Waals surface area contributed by atoms with Gasteiger partial charge in [0.05, 0.1) is 16.0 Å². The lowest BCUT2D eigenvalue weighted by Gasteiger charge is -2.17. The molecule has 1 aliphatic rings. The summed E-state index contributed by atoms with van der Waals surface area (Å²) in [6, 6.07) is 7.19. The van der Waals surface area contributed by atoms with Gasteiger partial charge in [0.1, 0.15) is 6.54 Å². The second-order valence-electron chi connectivity index (χ2n) is 8.35. The molecule has 0 spiro atoms. The average molecular weight is 518 g/mol. The lowest BCUT2D eigenvalue weighted by molar-refractivity contribution is -0.137. The number of rotatable bonds is 4. The predicted molar refractivity (Wildman–Crippen MR) is 131 cm³/mol. The van der Waals surface area contributed by atoms with Crippen molar-refractivity contribution in [1.82, 2.24) is 14.5 Å². The number of benzene rings is 1. The second-order valence-corrected chi connectivity index (χ2v) is 9.63. The summed E-state index contributed by atoms with van der Waals surface area (Å²) in [7, 11) is 0. The Kier molecular flexibility index (Phi) is 6.14. The second kappa shape index (κ2) is 9.13. The van der Waals surface area contributed by atoms with Gasteiger partial charge in [0.2, 0.25) is 5.91 Å². The van der Waals surface area contributed by atoms with E-state index < -0.39 is 22.3 Å². The lowest BCUT2D eigenvalue weighted by Crippen LogP contribution is -2.34. The number of halogens is 4. The molecule has 1 aromatic carbocycles. The van der Waals surface area contributed by atoms with E-state index in [1.807, 2.05) is 0 Å². The molecule has 35 heavy (non-hydrogen) atoms. The lowest BCUT2D eigenvalue weighted by atomic mass is 10.0. The van der Waals surface area contributed by atoms with Crippen LogP contribution in [-0.4, -0.2) is 33.4 Å². The van der Waals surface area contributed by atoms with Gasteiger partial charge in [-0.1, -0.05) is 17.7 Å². The molecular weight excluding hydrogens is 499 g/mol. The first kappa shape index (κ1) is 23.6. The van der Waals surface area contributed by atoms with Crippen molar-refractivity contribution in [2.75, 3.05) is 13.1 Å². The number of aromatic nitrogens is 2. The van der Waals surface area contributed by atoms with Crippen molar-refractivity contribution in [2.45, 2.75) is 25.6 Å². The van der Waals surface area contributed by atoms with E-state index in [1.54, 1.807) is 41.0 Å². The van der Waals surface area contributed by atoms with E-state index >= 15 is 0 Å². The number of likely N-dealkylation sites (tertiary alicyclic amines) is 1. The topological polar surface area (TPSA) is 55.2 Å². The van der Waals surface area contributed by atoms with Crippen LogP contribution in [0.25, 0.3) is 32.3 Å². The molecule has 4 heterocycles. The Morgan fingerprint density at radius 2 is 1.77 bits per heavy atom. The fraction of sp³-hybridized carbons (Fsp3) is 0.240. The van der Waals surface area contributed by atoms with Gasteiger partial charge in [-0.25, -0.2) is 0 Å². The van der Waals surface area contributed by atoms with Gasteiger partial charge in [0.25, 0.3) is 5.56 Å². The van der Waals surface area contributed by atoms with E-state index in [1.165, 1.54) is 28.0 Å². The molecule has 0 unspecified atom stereocenters. The largest absolute Gasteiger partial charge is 0.417 e. The number of alkyl halides is 3. The summed E-state index contributed by atoms with van der Waals surface area (Å²) in [6.07, 6.45) is 2.11. The van der Waals surface area contributed by atoms with Crippen LogP contribution in [0.3, 0.4) is 0 Å². The number of carbonyl (C=O) groups is 1. The van der Waals surface area contributed by atoms with Gasteiger partial charge < -0.3 is 9.47 Å². The Morgan fingerprint density at radius 3 is 2.46 bits per heavy atom. The molecule has 3 aromatic heterocycles. The zero-order chi connectivity index (χ0) is 24.7. The summed E-state index contributed by atoms with van der Waals surface area (Å²) >= 11 is 7.08. The highest BCUT2D eigenvalue weighted by molar-refractivity contribution is 7.18. The summed E-state index contributed by atoms with van der Waals surface area (Å²) in [6.45, 7) is 1.17. The quantitative estimate of drug-likeness (QED) is 0.329. The normalized spacial score (nSPS) is 14.1. The molecule has 1 fully saturated rings. The van der Waals surface area contributed by atoms with E-state index in [9.17, 15) is 22.8 Å². The van der Waals surface area contributed by atoms with Crippen molar-refractivity contribution in [2.24, 2.45) is 0 Å². The van der Waals surface area contributed by atoms with Gasteiger partial charge >= 0.3 is 6.18 Å². The van der Waals surface area contributed by atoms with Gasteiger partial charge in [0, 0.05) is 52.9 Å². The molecule has 1 amide bonds. The Morgan fingerprint density at radius 1 is 1.06 bits per heavy atom. The van der Waals surface area contributed by atoms with Crippen molar-refractivity contribution in [1.29, 1.82) is 0 Å². The number of thiophene rings is 1. The van der Waals surface area contributed by atoms with Gasteiger partial charge in [-0.3, -0.25) is 14.6 Å². The smallest absolute Gasteiger partial charge is 0.341 e.